The van der Waals surface area contributed by atoms with Crippen LogP contribution in [0.2, 0.25) is 0 Å². The van der Waals surface area contributed by atoms with Crippen molar-refractivity contribution in [3.63, 3.8) is 0 Å². The van der Waals surface area contributed by atoms with Gasteiger partial charge in [-0.05, 0) is 42.1 Å². The Bertz CT molecular complexity index is 494. The second kappa shape index (κ2) is 7.07. The lowest BCUT2D eigenvalue weighted by molar-refractivity contribution is 0.591. The average molecular weight is 254 g/mol. The summed E-state index contributed by atoms with van der Waals surface area (Å²) in [5.74, 6) is 0. The van der Waals surface area contributed by atoms with Gasteiger partial charge in [-0.3, -0.25) is 0 Å². The lowest BCUT2D eigenvalue weighted by Crippen LogP contribution is -2.11. The molecule has 0 aliphatic heterocycles. The fourth-order valence-corrected chi connectivity index (χ4v) is 2.25. The SMILES string of the molecule is NCCCC[C@@H](N)c1cccc(-c2ccccc2)c1. The Kier molecular flexibility index (Phi) is 5.13. The molecule has 0 radical (unpaired) electrons. The molecule has 4 N–H and O–H groups in total. The van der Waals surface area contributed by atoms with E-state index in [2.05, 4.69) is 48.5 Å². The number of rotatable bonds is 6. The Labute approximate surface area is 115 Å². The summed E-state index contributed by atoms with van der Waals surface area (Å²) >= 11 is 0. The maximum atomic E-state index is 6.24. The van der Waals surface area contributed by atoms with Gasteiger partial charge in [0.15, 0.2) is 0 Å². The van der Waals surface area contributed by atoms with Crippen LogP contribution in [0.5, 0.6) is 0 Å². The van der Waals surface area contributed by atoms with Crippen LogP contribution < -0.4 is 11.5 Å². The first-order chi connectivity index (χ1) is 9.31. The van der Waals surface area contributed by atoms with Crippen molar-refractivity contribution in [1.82, 2.24) is 0 Å². The van der Waals surface area contributed by atoms with E-state index in [0.717, 1.165) is 25.8 Å². The fourth-order valence-electron chi connectivity index (χ4n) is 2.25. The van der Waals surface area contributed by atoms with E-state index in [-0.39, 0.29) is 6.04 Å². The van der Waals surface area contributed by atoms with Crippen LogP contribution in [-0.4, -0.2) is 6.54 Å². The van der Waals surface area contributed by atoms with E-state index in [4.69, 9.17) is 11.5 Å². The molecule has 0 aromatic heterocycles. The van der Waals surface area contributed by atoms with E-state index in [0.29, 0.717) is 0 Å². The molecule has 2 nitrogen and oxygen atoms in total. The number of hydrogen-bond donors (Lipinski definition) is 2. The molecule has 0 unspecified atom stereocenters. The minimum absolute atomic E-state index is 0.107. The molecule has 0 heterocycles. The van der Waals surface area contributed by atoms with Gasteiger partial charge >= 0.3 is 0 Å². The molecule has 0 saturated heterocycles. The molecular weight excluding hydrogens is 232 g/mol. The summed E-state index contributed by atoms with van der Waals surface area (Å²) < 4.78 is 0. The van der Waals surface area contributed by atoms with Crippen molar-refractivity contribution in [2.45, 2.75) is 25.3 Å². The highest BCUT2D eigenvalue weighted by atomic mass is 14.6. The molecule has 0 amide bonds. The van der Waals surface area contributed by atoms with Gasteiger partial charge < -0.3 is 11.5 Å². The first kappa shape index (κ1) is 13.8. The maximum absolute atomic E-state index is 6.24. The fraction of sp³-hybridized carbons (Fsp3) is 0.294. The third kappa shape index (κ3) is 3.91. The number of benzene rings is 2. The topological polar surface area (TPSA) is 52.0 Å². The van der Waals surface area contributed by atoms with Crippen molar-refractivity contribution < 1.29 is 0 Å². The second-order valence-electron chi connectivity index (χ2n) is 4.88. The molecule has 0 saturated carbocycles. The summed E-state index contributed by atoms with van der Waals surface area (Å²) in [6.07, 6.45) is 3.13. The van der Waals surface area contributed by atoms with E-state index in [1.54, 1.807) is 0 Å². The molecule has 0 aliphatic rings. The van der Waals surface area contributed by atoms with Crippen LogP contribution in [0.1, 0.15) is 30.9 Å². The van der Waals surface area contributed by atoms with Gasteiger partial charge in [0.25, 0.3) is 0 Å². The molecule has 1 atom stereocenters. The molecular formula is C17H22N2. The minimum Gasteiger partial charge on any atom is -0.330 e. The van der Waals surface area contributed by atoms with Crippen LogP contribution >= 0.6 is 0 Å². The Balaban J connectivity index is 2.11. The molecule has 2 aromatic carbocycles. The zero-order valence-electron chi connectivity index (χ0n) is 11.3. The summed E-state index contributed by atoms with van der Waals surface area (Å²) in [5, 5.41) is 0. The predicted molar refractivity (Wildman–Crippen MR) is 81.7 cm³/mol. The number of unbranched alkanes of at least 4 members (excludes halogenated alkanes) is 1. The molecule has 0 aliphatic carbocycles. The van der Waals surface area contributed by atoms with Gasteiger partial charge in [0.05, 0.1) is 0 Å². The molecule has 2 heteroatoms. The van der Waals surface area contributed by atoms with Crippen molar-refractivity contribution in [3.8, 4) is 11.1 Å². The highest BCUT2D eigenvalue weighted by molar-refractivity contribution is 5.64. The summed E-state index contributed by atoms with van der Waals surface area (Å²) in [4.78, 5) is 0. The van der Waals surface area contributed by atoms with E-state index in [1.807, 2.05) is 6.07 Å². The summed E-state index contributed by atoms with van der Waals surface area (Å²) in [6, 6.07) is 19.0. The van der Waals surface area contributed by atoms with Gasteiger partial charge in [-0.2, -0.15) is 0 Å². The molecule has 19 heavy (non-hydrogen) atoms. The highest BCUT2D eigenvalue weighted by Crippen LogP contribution is 2.24. The number of hydrogen-bond acceptors (Lipinski definition) is 2. The molecule has 100 valence electrons. The average Bonchev–Trinajstić information content (AvgIpc) is 2.48. The molecule has 0 bridgehead atoms. The Morgan fingerprint density at radius 2 is 1.58 bits per heavy atom. The molecule has 0 spiro atoms. The van der Waals surface area contributed by atoms with Crippen LogP contribution in [-0.2, 0) is 0 Å². The zero-order valence-corrected chi connectivity index (χ0v) is 11.3. The second-order valence-corrected chi connectivity index (χ2v) is 4.88. The summed E-state index contributed by atoms with van der Waals surface area (Å²) in [6.45, 7) is 0.747. The Morgan fingerprint density at radius 1 is 0.842 bits per heavy atom. The molecule has 0 fully saturated rings. The predicted octanol–water partition coefficient (Wildman–Crippen LogP) is 3.48. The van der Waals surface area contributed by atoms with Crippen molar-refractivity contribution in [2.24, 2.45) is 11.5 Å². The van der Waals surface area contributed by atoms with Crippen molar-refractivity contribution in [2.75, 3.05) is 6.54 Å². The van der Waals surface area contributed by atoms with Crippen molar-refractivity contribution >= 4 is 0 Å². The van der Waals surface area contributed by atoms with Crippen LogP contribution in [0.15, 0.2) is 54.6 Å². The van der Waals surface area contributed by atoms with Crippen LogP contribution in [0.3, 0.4) is 0 Å². The standard InChI is InChI=1S/C17H22N2/c18-12-5-4-11-17(19)16-10-6-9-15(13-16)14-7-2-1-3-8-14/h1-3,6-10,13,17H,4-5,11-12,18-19H2/t17-/m1/s1. The van der Waals surface area contributed by atoms with Gasteiger partial charge in [-0.15, -0.1) is 0 Å². The number of nitrogens with two attached hydrogens (primary N) is 2. The summed E-state index contributed by atoms with van der Waals surface area (Å²) in [7, 11) is 0. The lowest BCUT2D eigenvalue weighted by Gasteiger charge is -2.13. The van der Waals surface area contributed by atoms with E-state index >= 15 is 0 Å². The molecule has 2 aromatic rings. The molecule has 2 rings (SSSR count). The first-order valence-electron chi connectivity index (χ1n) is 6.92. The quantitative estimate of drug-likeness (QED) is 0.775. The normalized spacial score (nSPS) is 12.3. The van der Waals surface area contributed by atoms with Gasteiger partial charge in [0.2, 0.25) is 0 Å². The van der Waals surface area contributed by atoms with E-state index < -0.39 is 0 Å². The lowest BCUT2D eigenvalue weighted by atomic mass is 9.97. The Morgan fingerprint density at radius 3 is 2.32 bits per heavy atom. The summed E-state index contributed by atoms with van der Waals surface area (Å²) in [5.41, 5.74) is 15.4. The zero-order chi connectivity index (χ0) is 13.5. The van der Waals surface area contributed by atoms with E-state index in [9.17, 15) is 0 Å². The van der Waals surface area contributed by atoms with Crippen LogP contribution in [0, 0.1) is 0 Å². The minimum atomic E-state index is 0.107. The monoisotopic (exact) mass is 254 g/mol. The third-order valence-corrected chi connectivity index (χ3v) is 3.39. The smallest absolute Gasteiger partial charge is 0.0295 e. The van der Waals surface area contributed by atoms with E-state index in [1.165, 1.54) is 16.7 Å². The van der Waals surface area contributed by atoms with Gasteiger partial charge in [0, 0.05) is 6.04 Å². The van der Waals surface area contributed by atoms with Crippen molar-refractivity contribution in [1.29, 1.82) is 0 Å². The first-order valence-corrected chi connectivity index (χ1v) is 6.92. The highest BCUT2D eigenvalue weighted by Gasteiger charge is 2.06. The Hall–Kier alpha value is -1.64. The van der Waals surface area contributed by atoms with Gasteiger partial charge in [-0.25, -0.2) is 0 Å². The van der Waals surface area contributed by atoms with Gasteiger partial charge in [-0.1, -0.05) is 55.0 Å². The maximum Gasteiger partial charge on any atom is 0.0295 e. The van der Waals surface area contributed by atoms with Gasteiger partial charge in [0.1, 0.15) is 0 Å². The largest absolute Gasteiger partial charge is 0.330 e. The third-order valence-electron chi connectivity index (χ3n) is 3.39. The van der Waals surface area contributed by atoms with Crippen molar-refractivity contribution in [3.05, 3.63) is 60.2 Å². The van der Waals surface area contributed by atoms with Crippen LogP contribution in [0.4, 0.5) is 0 Å². The van der Waals surface area contributed by atoms with Crippen LogP contribution in [0.25, 0.3) is 11.1 Å².